The van der Waals surface area contributed by atoms with Crippen LogP contribution in [0.25, 0.3) is 31.7 Å². The van der Waals surface area contributed by atoms with Gasteiger partial charge < -0.3 is 19.3 Å². The number of benzene rings is 2. The number of nitrogens with one attached hydrogen (secondary N) is 1. The molecule has 5 aromatic rings. The number of ether oxygens (including phenoxy) is 3. The zero-order valence-electron chi connectivity index (χ0n) is 22.3. The van der Waals surface area contributed by atoms with Crippen LogP contribution in [0.2, 0.25) is 0 Å². The lowest BCUT2D eigenvalue weighted by Crippen LogP contribution is -2.45. The van der Waals surface area contributed by atoms with Crippen LogP contribution in [0.5, 0.6) is 11.5 Å². The third-order valence-electron chi connectivity index (χ3n) is 6.83. The summed E-state index contributed by atoms with van der Waals surface area (Å²) in [4.78, 5) is 29.6. The SMILES string of the molecule is COc1cnc2c(-c3nc4cc(F)c(O[C@@H]5CC[C@@H]5OC(=O)Nc5cnc(CCCO)nc5)cc4s3)cc(F)cc2c1. The van der Waals surface area contributed by atoms with E-state index in [0.717, 1.165) is 0 Å². The van der Waals surface area contributed by atoms with Gasteiger partial charge in [0.1, 0.15) is 34.6 Å². The Kier molecular flexibility index (Phi) is 7.76. The second-order valence-corrected chi connectivity index (χ2v) is 10.7. The summed E-state index contributed by atoms with van der Waals surface area (Å²) in [7, 11) is 1.51. The molecule has 10 nitrogen and oxygen atoms in total. The highest BCUT2D eigenvalue weighted by atomic mass is 32.1. The molecule has 0 saturated heterocycles. The van der Waals surface area contributed by atoms with Crippen LogP contribution in [0, 0.1) is 11.6 Å². The first-order valence-electron chi connectivity index (χ1n) is 13.2. The summed E-state index contributed by atoms with van der Waals surface area (Å²) < 4.78 is 46.7. The van der Waals surface area contributed by atoms with Gasteiger partial charge in [0.25, 0.3) is 0 Å². The highest BCUT2D eigenvalue weighted by molar-refractivity contribution is 7.21. The van der Waals surface area contributed by atoms with Crippen LogP contribution in [0.1, 0.15) is 25.1 Å². The van der Waals surface area contributed by atoms with Gasteiger partial charge in [-0.3, -0.25) is 10.3 Å². The number of aliphatic hydroxyl groups is 1. The molecular weight excluding hydrogens is 568 g/mol. The molecule has 1 fully saturated rings. The van der Waals surface area contributed by atoms with E-state index < -0.39 is 29.9 Å². The zero-order chi connectivity index (χ0) is 29.2. The van der Waals surface area contributed by atoms with Crippen molar-refractivity contribution in [2.24, 2.45) is 0 Å². The molecule has 0 radical (unpaired) electrons. The molecule has 0 bridgehead atoms. The van der Waals surface area contributed by atoms with Crippen molar-refractivity contribution in [3.05, 3.63) is 66.4 Å². The summed E-state index contributed by atoms with van der Waals surface area (Å²) in [6, 6.07) is 7.24. The fourth-order valence-electron chi connectivity index (χ4n) is 4.54. The smallest absolute Gasteiger partial charge is 0.412 e. The van der Waals surface area contributed by atoms with E-state index in [1.807, 2.05) is 0 Å². The number of carbonyl (C=O) groups excluding carboxylic acids is 1. The van der Waals surface area contributed by atoms with Crippen molar-refractivity contribution in [1.29, 1.82) is 0 Å². The number of fused-ring (bicyclic) bond motifs is 2. The first kappa shape index (κ1) is 27.7. The molecule has 1 amide bonds. The number of aliphatic hydroxyl groups excluding tert-OH is 1. The number of amides is 1. The summed E-state index contributed by atoms with van der Waals surface area (Å²) in [6.07, 6.45) is 4.90. The van der Waals surface area contributed by atoms with Crippen molar-refractivity contribution in [2.75, 3.05) is 19.0 Å². The molecule has 1 aliphatic rings. The van der Waals surface area contributed by atoms with Crippen molar-refractivity contribution in [1.82, 2.24) is 19.9 Å². The minimum Gasteiger partial charge on any atom is -0.495 e. The van der Waals surface area contributed by atoms with Gasteiger partial charge in [0.15, 0.2) is 11.6 Å². The van der Waals surface area contributed by atoms with Gasteiger partial charge in [-0.2, -0.15) is 0 Å². The number of anilines is 1. The van der Waals surface area contributed by atoms with Gasteiger partial charge in [-0.25, -0.2) is 28.5 Å². The predicted molar refractivity (Wildman–Crippen MR) is 152 cm³/mol. The maximum atomic E-state index is 15.0. The number of methoxy groups -OCH3 is 1. The molecule has 2 atom stereocenters. The normalized spacial score (nSPS) is 16.3. The van der Waals surface area contributed by atoms with Crippen LogP contribution in [0.3, 0.4) is 0 Å². The quantitative estimate of drug-likeness (QED) is 0.222. The van der Waals surface area contributed by atoms with E-state index in [-0.39, 0.29) is 12.4 Å². The number of nitrogens with zero attached hydrogens (tertiary/aromatic N) is 4. The van der Waals surface area contributed by atoms with Crippen molar-refractivity contribution < 1.29 is 32.9 Å². The van der Waals surface area contributed by atoms with E-state index in [0.29, 0.717) is 74.6 Å². The minimum atomic E-state index is -0.698. The van der Waals surface area contributed by atoms with Crippen LogP contribution >= 0.6 is 11.3 Å². The van der Waals surface area contributed by atoms with Crippen LogP contribution in [0.4, 0.5) is 19.3 Å². The molecule has 2 N–H and O–H groups in total. The van der Waals surface area contributed by atoms with Crippen molar-refractivity contribution >= 4 is 44.2 Å². The van der Waals surface area contributed by atoms with E-state index in [1.165, 1.54) is 49.0 Å². The second kappa shape index (κ2) is 11.8. The lowest BCUT2D eigenvalue weighted by molar-refractivity contribution is -0.0431. The number of thiazole rings is 1. The van der Waals surface area contributed by atoms with E-state index in [2.05, 4.69) is 25.3 Å². The standard InChI is InChI=1S/C29H25F2N5O5S/c1-39-18-8-15-7-16(30)9-19(27(15)34-14-18)28-36-21-10-20(31)24(11-25(21)42-28)40-22-4-5-23(22)41-29(38)35-17-12-32-26(33-13-17)3-2-6-37/h7-14,22-23,37H,2-6H2,1H3,(H,35,38)/t22-,23+/m1/s1. The van der Waals surface area contributed by atoms with Gasteiger partial charge in [0.2, 0.25) is 0 Å². The number of rotatable bonds is 9. The summed E-state index contributed by atoms with van der Waals surface area (Å²) in [5, 5.41) is 12.5. The van der Waals surface area contributed by atoms with Gasteiger partial charge >= 0.3 is 6.09 Å². The number of aromatic nitrogens is 4. The second-order valence-electron chi connectivity index (χ2n) is 9.69. The lowest BCUT2D eigenvalue weighted by atomic mass is 9.92. The Labute approximate surface area is 242 Å². The molecule has 2 aromatic carbocycles. The third-order valence-corrected chi connectivity index (χ3v) is 7.88. The number of halogens is 2. The predicted octanol–water partition coefficient (Wildman–Crippen LogP) is 5.67. The highest BCUT2D eigenvalue weighted by Crippen LogP contribution is 2.38. The molecule has 1 aliphatic carbocycles. The maximum absolute atomic E-state index is 15.0. The van der Waals surface area contributed by atoms with Crippen molar-refractivity contribution in [3.63, 3.8) is 0 Å². The molecule has 3 aromatic heterocycles. The van der Waals surface area contributed by atoms with E-state index >= 15 is 4.39 Å². The Bertz CT molecular complexity index is 1770. The highest BCUT2D eigenvalue weighted by Gasteiger charge is 2.37. The van der Waals surface area contributed by atoms with Crippen LogP contribution in [0.15, 0.2) is 48.9 Å². The minimum absolute atomic E-state index is 0.00948. The first-order valence-corrected chi connectivity index (χ1v) is 14.0. The summed E-state index contributed by atoms with van der Waals surface area (Å²) in [5.41, 5.74) is 1.80. The number of pyridine rings is 1. The molecule has 6 rings (SSSR count). The average molecular weight is 594 g/mol. The van der Waals surface area contributed by atoms with E-state index in [9.17, 15) is 9.18 Å². The van der Waals surface area contributed by atoms with E-state index in [4.69, 9.17) is 19.3 Å². The molecular formula is C29H25F2N5O5S. The van der Waals surface area contributed by atoms with Gasteiger partial charge in [0.05, 0.1) is 47.1 Å². The molecule has 0 spiro atoms. The molecule has 1 saturated carbocycles. The fourth-order valence-corrected chi connectivity index (χ4v) is 5.54. The van der Waals surface area contributed by atoms with Crippen molar-refractivity contribution in [2.45, 2.75) is 37.9 Å². The Morgan fingerprint density at radius 3 is 2.62 bits per heavy atom. The number of aryl methyl sites for hydroxylation is 1. The maximum Gasteiger partial charge on any atom is 0.412 e. The van der Waals surface area contributed by atoms with Crippen LogP contribution in [-0.2, 0) is 11.2 Å². The Hall–Kier alpha value is -4.49. The summed E-state index contributed by atoms with van der Waals surface area (Å²) in [6.45, 7) is 0.0453. The Morgan fingerprint density at radius 2 is 1.88 bits per heavy atom. The van der Waals surface area contributed by atoms with Crippen LogP contribution < -0.4 is 14.8 Å². The largest absolute Gasteiger partial charge is 0.495 e. The van der Waals surface area contributed by atoms with Gasteiger partial charge in [-0.15, -0.1) is 11.3 Å². The fraction of sp³-hybridized carbons (Fsp3) is 0.276. The number of hydrogen-bond donors (Lipinski definition) is 2. The number of hydrogen-bond acceptors (Lipinski definition) is 10. The number of carbonyl (C=O) groups is 1. The molecule has 42 heavy (non-hydrogen) atoms. The zero-order valence-corrected chi connectivity index (χ0v) is 23.2. The Morgan fingerprint density at radius 1 is 1.07 bits per heavy atom. The molecule has 216 valence electrons. The van der Waals surface area contributed by atoms with E-state index in [1.54, 1.807) is 18.3 Å². The third kappa shape index (κ3) is 5.78. The van der Waals surface area contributed by atoms with Gasteiger partial charge in [0, 0.05) is 36.1 Å². The van der Waals surface area contributed by atoms with Crippen LogP contribution in [-0.4, -0.2) is 57.1 Å². The van der Waals surface area contributed by atoms with Crippen molar-refractivity contribution in [3.8, 4) is 22.1 Å². The molecule has 0 unspecified atom stereocenters. The Balaban J connectivity index is 1.15. The molecule has 0 aliphatic heterocycles. The first-order chi connectivity index (χ1) is 20.4. The average Bonchev–Trinajstić information content (AvgIpc) is 3.39. The molecule has 3 heterocycles. The molecule has 13 heteroatoms. The van der Waals surface area contributed by atoms with Gasteiger partial charge in [-0.1, -0.05) is 0 Å². The van der Waals surface area contributed by atoms with Gasteiger partial charge in [-0.05, 0) is 37.5 Å². The summed E-state index contributed by atoms with van der Waals surface area (Å²) >= 11 is 1.26. The monoisotopic (exact) mass is 593 g/mol. The summed E-state index contributed by atoms with van der Waals surface area (Å²) in [5.74, 6) is 0.00444. The lowest BCUT2D eigenvalue weighted by Gasteiger charge is -2.35. The topological polar surface area (TPSA) is 129 Å².